The molecule has 0 saturated heterocycles. The number of nitrogens with zero attached hydrogens (tertiary/aromatic N) is 6. The summed E-state index contributed by atoms with van der Waals surface area (Å²) >= 11 is 0. The number of aryl methyl sites for hydroxylation is 1. The van der Waals surface area contributed by atoms with Gasteiger partial charge in [0, 0.05) is 19.7 Å². The van der Waals surface area contributed by atoms with Crippen LogP contribution in [-0.2, 0) is 20.6 Å². The number of rotatable bonds is 5. The predicted octanol–water partition coefficient (Wildman–Crippen LogP) is 2.20. The smallest absolute Gasteiger partial charge is 0.332 e. The van der Waals surface area contributed by atoms with E-state index in [1.54, 1.807) is 11.4 Å². The highest BCUT2D eigenvalue weighted by Gasteiger charge is 2.24. The molecule has 162 valence electrons. The van der Waals surface area contributed by atoms with Gasteiger partial charge in [-0.1, -0.05) is 30.3 Å². The van der Waals surface area contributed by atoms with Gasteiger partial charge in [-0.3, -0.25) is 18.5 Å². The largest absolute Gasteiger partial charge is 0.494 e. The van der Waals surface area contributed by atoms with Crippen LogP contribution in [0.1, 0.15) is 12.5 Å². The maximum absolute atomic E-state index is 13.2. The first kappa shape index (κ1) is 19.8. The summed E-state index contributed by atoms with van der Waals surface area (Å²) < 4.78 is 11.7. The van der Waals surface area contributed by atoms with E-state index in [1.165, 1.54) is 11.6 Å². The summed E-state index contributed by atoms with van der Waals surface area (Å²) in [5, 5.41) is 8.81. The van der Waals surface area contributed by atoms with Gasteiger partial charge in [-0.15, -0.1) is 10.2 Å². The molecule has 0 spiro atoms. The molecule has 0 fully saturated rings. The first-order valence-electron chi connectivity index (χ1n) is 10.3. The Kier molecular flexibility index (Phi) is 4.66. The van der Waals surface area contributed by atoms with E-state index in [2.05, 4.69) is 10.2 Å². The molecule has 0 aliphatic carbocycles. The van der Waals surface area contributed by atoms with Crippen molar-refractivity contribution in [1.82, 2.24) is 28.3 Å². The molecule has 0 aliphatic heterocycles. The van der Waals surface area contributed by atoms with E-state index >= 15 is 0 Å². The van der Waals surface area contributed by atoms with Crippen molar-refractivity contribution in [1.29, 1.82) is 0 Å². The van der Waals surface area contributed by atoms with E-state index < -0.39 is 5.69 Å². The highest BCUT2D eigenvalue weighted by Crippen LogP contribution is 2.26. The standard InChI is InChI=1S/C23H22N6O3/c1-4-32-17-12-10-16(11-13-17)19-24-25-22-28(14-15-8-6-5-7-9-15)18-20(29(19)22)26(2)23(31)27(3)21(18)30/h5-13H,4,14H2,1-3H3. The molecule has 9 heteroatoms. The van der Waals surface area contributed by atoms with Crippen molar-refractivity contribution in [2.75, 3.05) is 6.61 Å². The van der Waals surface area contributed by atoms with Crippen LogP contribution in [0.15, 0.2) is 64.2 Å². The fourth-order valence-corrected chi connectivity index (χ4v) is 4.02. The van der Waals surface area contributed by atoms with Gasteiger partial charge in [0.1, 0.15) is 5.75 Å². The van der Waals surface area contributed by atoms with Gasteiger partial charge in [-0.2, -0.15) is 0 Å². The van der Waals surface area contributed by atoms with Crippen LogP contribution in [0, 0.1) is 0 Å². The van der Waals surface area contributed by atoms with Gasteiger partial charge in [0.25, 0.3) is 5.56 Å². The van der Waals surface area contributed by atoms with Crippen molar-refractivity contribution in [3.05, 3.63) is 81.0 Å². The average Bonchev–Trinajstić information content (AvgIpc) is 3.37. The first-order valence-corrected chi connectivity index (χ1v) is 10.3. The molecule has 3 heterocycles. The van der Waals surface area contributed by atoms with Crippen molar-refractivity contribution in [2.24, 2.45) is 14.1 Å². The Bertz CT molecular complexity index is 1560. The second-order valence-electron chi connectivity index (χ2n) is 7.57. The summed E-state index contributed by atoms with van der Waals surface area (Å²) in [6, 6.07) is 17.3. The molecule has 0 unspecified atom stereocenters. The average molecular weight is 430 g/mol. The number of aromatic nitrogens is 6. The Morgan fingerprint density at radius 3 is 2.31 bits per heavy atom. The highest BCUT2D eigenvalue weighted by molar-refractivity contribution is 5.80. The molecule has 5 rings (SSSR count). The summed E-state index contributed by atoms with van der Waals surface area (Å²) in [4.78, 5) is 25.9. The lowest BCUT2D eigenvalue weighted by Gasteiger charge is -2.08. The minimum atomic E-state index is -0.410. The van der Waals surface area contributed by atoms with Gasteiger partial charge in [0.05, 0.1) is 13.2 Å². The van der Waals surface area contributed by atoms with E-state index in [0.29, 0.717) is 35.9 Å². The molecule has 0 amide bonds. The van der Waals surface area contributed by atoms with Crippen molar-refractivity contribution >= 4 is 16.9 Å². The number of fused-ring (bicyclic) bond motifs is 3. The van der Waals surface area contributed by atoms with Gasteiger partial charge in [-0.05, 0) is 36.8 Å². The SMILES string of the molecule is CCOc1ccc(-c2nnc3n(Cc4ccccc4)c4c(=O)n(C)c(=O)n(C)c4n23)cc1. The fourth-order valence-electron chi connectivity index (χ4n) is 4.02. The predicted molar refractivity (Wildman–Crippen MR) is 121 cm³/mol. The Hall–Kier alpha value is -4.14. The van der Waals surface area contributed by atoms with Crippen LogP contribution < -0.4 is 16.0 Å². The van der Waals surface area contributed by atoms with Crippen LogP contribution in [0.3, 0.4) is 0 Å². The lowest BCUT2D eigenvalue weighted by molar-refractivity contribution is 0.340. The summed E-state index contributed by atoms with van der Waals surface area (Å²) in [5.41, 5.74) is 1.88. The van der Waals surface area contributed by atoms with E-state index in [-0.39, 0.29) is 5.56 Å². The zero-order valence-electron chi connectivity index (χ0n) is 18.0. The minimum Gasteiger partial charge on any atom is -0.494 e. The number of benzene rings is 2. The maximum atomic E-state index is 13.2. The number of imidazole rings is 1. The zero-order valence-corrected chi connectivity index (χ0v) is 18.0. The molecule has 0 atom stereocenters. The van der Waals surface area contributed by atoms with Gasteiger partial charge >= 0.3 is 5.69 Å². The first-order chi connectivity index (χ1) is 15.5. The van der Waals surface area contributed by atoms with E-state index in [0.717, 1.165) is 21.4 Å². The molecular formula is C23H22N6O3. The van der Waals surface area contributed by atoms with E-state index in [9.17, 15) is 9.59 Å². The van der Waals surface area contributed by atoms with Crippen molar-refractivity contribution in [3.8, 4) is 17.1 Å². The molecule has 0 N–H and O–H groups in total. The monoisotopic (exact) mass is 430 g/mol. The molecule has 0 bridgehead atoms. The maximum Gasteiger partial charge on any atom is 0.332 e. The van der Waals surface area contributed by atoms with E-state index in [1.807, 2.05) is 66.1 Å². The molecule has 0 radical (unpaired) electrons. The topological polar surface area (TPSA) is 88.3 Å². The number of hydrogen-bond acceptors (Lipinski definition) is 5. The third-order valence-electron chi connectivity index (χ3n) is 5.59. The normalized spacial score (nSPS) is 11.5. The van der Waals surface area contributed by atoms with Crippen molar-refractivity contribution in [3.63, 3.8) is 0 Å². The minimum absolute atomic E-state index is 0.373. The molecule has 5 aromatic rings. The molecule has 0 saturated carbocycles. The van der Waals surface area contributed by atoms with Gasteiger partial charge in [-0.25, -0.2) is 9.20 Å². The Morgan fingerprint density at radius 1 is 0.906 bits per heavy atom. The summed E-state index contributed by atoms with van der Waals surface area (Å²) in [5.74, 6) is 1.79. The molecule has 2 aromatic carbocycles. The van der Waals surface area contributed by atoms with Crippen LogP contribution in [0.5, 0.6) is 5.75 Å². The lowest BCUT2D eigenvalue weighted by Crippen LogP contribution is -2.37. The molecule has 9 nitrogen and oxygen atoms in total. The molecule has 3 aromatic heterocycles. The number of hydrogen-bond donors (Lipinski definition) is 0. The van der Waals surface area contributed by atoms with Crippen LogP contribution in [0.2, 0.25) is 0 Å². The Morgan fingerprint density at radius 2 is 1.62 bits per heavy atom. The summed E-state index contributed by atoms with van der Waals surface area (Å²) in [6.07, 6.45) is 0. The number of ether oxygens (including phenoxy) is 1. The van der Waals surface area contributed by atoms with Crippen LogP contribution in [0.4, 0.5) is 0 Å². The lowest BCUT2D eigenvalue weighted by atomic mass is 10.2. The van der Waals surface area contributed by atoms with Crippen molar-refractivity contribution in [2.45, 2.75) is 13.5 Å². The highest BCUT2D eigenvalue weighted by atomic mass is 16.5. The summed E-state index contributed by atoms with van der Waals surface area (Å²) in [6.45, 7) is 2.92. The molecule has 32 heavy (non-hydrogen) atoms. The van der Waals surface area contributed by atoms with E-state index in [4.69, 9.17) is 4.74 Å². The second-order valence-corrected chi connectivity index (χ2v) is 7.57. The Labute approximate surface area is 182 Å². The van der Waals surface area contributed by atoms with Crippen LogP contribution in [0.25, 0.3) is 28.3 Å². The fraction of sp³-hybridized carbons (Fsp3) is 0.217. The third kappa shape index (κ3) is 2.93. The van der Waals surface area contributed by atoms with Crippen LogP contribution in [-0.4, -0.2) is 34.9 Å². The van der Waals surface area contributed by atoms with Gasteiger partial charge < -0.3 is 4.74 Å². The summed E-state index contributed by atoms with van der Waals surface area (Å²) in [7, 11) is 3.14. The molecular weight excluding hydrogens is 408 g/mol. The Balaban J connectivity index is 1.84. The zero-order chi connectivity index (χ0) is 22.4. The van der Waals surface area contributed by atoms with Crippen LogP contribution >= 0.6 is 0 Å². The molecule has 0 aliphatic rings. The third-order valence-corrected chi connectivity index (χ3v) is 5.59. The van der Waals surface area contributed by atoms with Gasteiger partial charge in [0.15, 0.2) is 17.0 Å². The van der Waals surface area contributed by atoms with Crippen molar-refractivity contribution < 1.29 is 4.74 Å². The quantitative estimate of drug-likeness (QED) is 0.427. The second kappa shape index (κ2) is 7.52. The van der Waals surface area contributed by atoms with Gasteiger partial charge in [0.2, 0.25) is 5.78 Å².